The first kappa shape index (κ1) is 14.0. The molecule has 0 unspecified atom stereocenters. The number of anilines is 1. The van der Waals surface area contributed by atoms with E-state index >= 15 is 0 Å². The van der Waals surface area contributed by atoms with Crippen LogP contribution in [0.4, 0.5) is 5.95 Å². The predicted molar refractivity (Wildman–Crippen MR) is 77.3 cm³/mol. The fourth-order valence-corrected chi connectivity index (χ4v) is 2.41. The lowest BCUT2D eigenvalue weighted by atomic mass is 10.3. The van der Waals surface area contributed by atoms with Gasteiger partial charge in [0.25, 0.3) is 0 Å². The highest BCUT2D eigenvalue weighted by atomic mass is 35.5. The van der Waals surface area contributed by atoms with Gasteiger partial charge < -0.3 is 10.1 Å². The summed E-state index contributed by atoms with van der Waals surface area (Å²) in [5, 5.41) is 3.44. The number of hydrogen-bond donors (Lipinski definition) is 1. The van der Waals surface area contributed by atoms with Crippen molar-refractivity contribution in [2.24, 2.45) is 0 Å². The molecule has 2 aromatic heterocycles. The third kappa shape index (κ3) is 3.78. The van der Waals surface area contributed by atoms with E-state index < -0.39 is 0 Å². The van der Waals surface area contributed by atoms with Crippen LogP contribution >= 0.6 is 22.9 Å². The Hall–Kier alpha value is -1.40. The first-order valence-electron chi connectivity index (χ1n) is 5.99. The number of halogens is 1. The highest BCUT2D eigenvalue weighted by molar-refractivity contribution is 7.09. The molecule has 0 saturated carbocycles. The summed E-state index contributed by atoms with van der Waals surface area (Å²) in [7, 11) is 0. The van der Waals surface area contributed by atoms with E-state index in [1.807, 2.05) is 19.4 Å². The average Bonchev–Trinajstić information content (AvgIpc) is 2.79. The van der Waals surface area contributed by atoms with E-state index in [0.29, 0.717) is 23.5 Å². The maximum absolute atomic E-state index is 6.00. The topological polar surface area (TPSA) is 59.9 Å². The summed E-state index contributed by atoms with van der Waals surface area (Å²) in [4.78, 5) is 13.7. The van der Waals surface area contributed by atoms with Crippen molar-refractivity contribution in [3.63, 3.8) is 0 Å². The summed E-state index contributed by atoms with van der Waals surface area (Å²) < 4.78 is 5.61. The highest BCUT2D eigenvalue weighted by Crippen LogP contribution is 2.22. The second-order valence-electron chi connectivity index (χ2n) is 3.84. The van der Waals surface area contributed by atoms with Crippen LogP contribution in [0.5, 0.6) is 5.88 Å². The molecule has 0 radical (unpaired) electrons. The van der Waals surface area contributed by atoms with Gasteiger partial charge in [0.1, 0.15) is 5.02 Å². The zero-order valence-electron chi connectivity index (χ0n) is 10.8. The lowest BCUT2D eigenvalue weighted by Gasteiger charge is -2.08. The van der Waals surface area contributed by atoms with Crippen LogP contribution in [0.1, 0.15) is 17.5 Å². The molecule has 7 heteroatoms. The van der Waals surface area contributed by atoms with Crippen LogP contribution in [0.25, 0.3) is 0 Å². The van der Waals surface area contributed by atoms with Crippen LogP contribution < -0.4 is 10.1 Å². The number of aryl methyl sites for hydroxylation is 1. The van der Waals surface area contributed by atoms with Crippen molar-refractivity contribution in [3.05, 3.63) is 27.3 Å². The normalized spacial score (nSPS) is 10.5. The summed E-state index contributed by atoms with van der Waals surface area (Å²) in [5.41, 5.74) is 2.89. The molecule has 0 aromatic carbocycles. The van der Waals surface area contributed by atoms with Crippen LogP contribution in [0.15, 0.2) is 11.7 Å². The quantitative estimate of drug-likeness (QED) is 0.888. The summed E-state index contributed by atoms with van der Waals surface area (Å²) >= 11 is 7.63. The molecule has 0 fully saturated rings. The lowest BCUT2D eigenvalue weighted by Crippen LogP contribution is -2.06. The molecule has 0 saturated heterocycles. The van der Waals surface area contributed by atoms with E-state index in [1.165, 1.54) is 4.88 Å². The third-order valence-electron chi connectivity index (χ3n) is 2.46. The van der Waals surface area contributed by atoms with Gasteiger partial charge in [0.15, 0.2) is 0 Å². The average molecular weight is 299 g/mol. The van der Waals surface area contributed by atoms with Gasteiger partial charge in [-0.3, -0.25) is 0 Å². The minimum absolute atomic E-state index is 0.412. The van der Waals surface area contributed by atoms with Crippen LogP contribution in [-0.2, 0) is 6.42 Å². The molecule has 5 nitrogen and oxygen atoms in total. The molecule has 0 amide bonds. The SMILES string of the molecule is CCNc1ncc(Cl)c(OCCc2scnc2C)n1. The van der Waals surface area contributed by atoms with Crippen LogP contribution in [0.2, 0.25) is 5.02 Å². The Morgan fingerprint density at radius 2 is 2.26 bits per heavy atom. The minimum atomic E-state index is 0.412. The van der Waals surface area contributed by atoms with E-state index in [-0.39, 0.29) is 0 Å². The Balaban J connectivity index is 1.95. The number of nitrogens with zero attached hydrogens (tertiary/aromatic N) is 3. The van der Waals surface area contributed by atoms with Gasteiger partial charge in [-0.1, -0.05) is 11.6 Å². The predicted octanol–water partition coefficient (Wildman–Crippen LogP) is 2.95. The number of hydrogen-bond acceptors (Lipinski definition) is 6. The molecule has 0 aliphatic rings. The second kappa shape index (κ2) is 6.68. The van der Waals surface area contributed by atoms with Crippen LogP contribution in [-0.4, -0.2) is 28.1 Å². The Morgan fingerprint density at radius 1 is 1.42 bits per heavy atom. The van der Waals surface area contributed by atoms with Crippen molar-refractivity contribution >= 4 is 28.9 Å². The van der Waals surface area contributed by atoms with Crippen LogP contribution in [0, 0.1) is 6.92 Å². The Kier molecular flexibility index (Phi) is 4.93. The smallest absolute Gasteiger partial charge is 0.237 e. The second-order valence-corrected chi connectivity index (χ2v) is 5.18. The Labute approximate surface area is 121 Å². The van der Waals surface area contributed by atoms with Crippen molar-refractivity contribution in [1.29, 1.82) is 0 Å². The lowest BCUT2D eigenvalue weighted by molar-refractivity contribution is 0.310. The molecule has 0 atom stereocenters. The fraction of sp³-hybridized carbons (Fsp3) is 0.417. The van der Waals surface area contributed by atoms with Gasteiger partial charge in [-0.15, -0.1) is 11.3 Å². The molecule has 2 aromatic rings. The molecule has 2 rings (SSSR count). The molecule has 1 N–H and O–H groups in total. The molecule has 19 heavy (non-hydrogen) atoms. The summed E-state index contributed by atoms with van der Waals surface area (Å²) in [5.74, 6) is 0.936. The third-order valence-corrected chi connectivity index (χ3v) is 3.71. The molecular formula is C12H15ClN4OS. The van der Waals surface area contributed by atoms with E-state index in [4.69, 9.17) is 16.3 Å². The Morgan fingerprint density at radius 3 is 2.95 bits per heavy atom. The van der Waals surface area contributed by atoms with E-state index in [1.54, 1.807) is 17.5 Å². The fourth-order valence-electron chi connectivity index (χ4n) is 1.50. The number of ether oxygens (including phenoxy) is 1. The van der Waals surface area contributed by atoms with Gasteiger partial charge in [-0.2, -0.15) is 4.98 Å². The first-order chi connectivity index (χ1) is 9.20. The molecule has 102 valence electrons. The van der Waals surface area contributed by atoms with Gasteiger partial charge in [-0.05, 0) is 13.8 Å². The summed E-state index contributed by atoms with van der Waals surface area (Å²) in [6.07, 6.45) is 2.34. The van der Waals surface area contributed by atoms with Crippen molar-refractivity contribution < 1.29 is 4.74 Å². The molecule has 0 spiro atoms. The number of thiazole rings is 1. The number of aromatic nitrogens is 3. The van der Waals surface area contributed by atoms with Crippen molar-refractivity contribution in [1.82, 2.24) is 15.0 Å². The highest BCUT2D eigenvalue weighted by Gasteiger charge is 2.07. The molecule has 0 aliphatic carbocycles. The Bertz CT molecular complexity index is 546. The number of rotatable bonds is 6. The minimum Gasteiger partial charge on any atom is -0.476 e. The number of nitrogens with one attached hydrogen (secondary N) is 1. The van der Waals surface area contributed by atoms with Gasteiger partial charge in [0.05, 0.1) is 24.0 Å². The van der Waals surface area contributed by atoms with Gasteiger partial charge in [0, 0.05) is 17.8 Å². The molecule has 0 aliphatic heterocycles. The maximum atomic E-state index is 6.00. The van der Waals surface area contributed by atoms with E-state index in [9.17, 15) is 0 Å². The summed E-state index contributed by atoms with van der Waals surface area (Å²) in [6, 6.07) is 0. The zero-order chi connectivity index (χ0) is 13.7. The maximum Gasteiger partial charge on any atom is 0.237 e. The monoisotopic (exact) mass is 298 g/mol. The molecular weight excluding hydrogens is 284 g/mol. The van der Waals surface area contributed by atoms with Crippen molar-refractivity contribution in [2.75, 3.05) is 18.5 Å². The standard InChI is InChI=1S/C12H15ClN4OS/c1-3-14-12-15-6-9(13)11(17-12)18-5-4-10-8(2)16-7-19-10/h6-7H,3-5H2,1-2H3,(H,14,15,17). The largest absolute Gasteiger partial charge is 0.476 e. The summed E-state index contributed by atoms with van der Waals surface area (Å²) in [6.45, 7) is 5.24. The van der Waals surface area contributed by atoms with Crippen LogP contribution in [0.3, 0.4) is 0 Å². The van der Waals surface area contributed by atoms with E-state index in [2.05, 4.69) is 20.3 Å². The van der Waals surface area contributed by atoms with Gasteiger partial charge in [0.2, 0.25) is 11.8 Å². The van der Waals surface area contributed by atoms with Crippen molar-refractivity contribution in [2.45, 2.75) is 20.3 Å². The van der Waals surface area contributed by atoms with Crippen molar-refractivity contribution in [3.8, 4) is 5.88 Å². The van der Waals surface area contributed by atoms with E-state index in [0.717, 1.165) is 18.7 Å². The zero-order valence-corrected chi connectivity index (χ0v) is 12.4. The first-order valence-corrected chi connectivity index (χ1v) is 7.24. The molecule has 0 bridgehead atoms. The van der Waals surface area contributed by atoms with Gasteiger partial charge >= 0.3 is 0 Å². The van der Waals surface area contributed by atoms with Gasteiger partial charge in [-0.25, -0.2) is 9.97 Å². The molecule has 2 heterocycles.